The number of hydrogen-bond acceptors (Lipinski definition) is 2. The summed E-state index contributed by atoms with van der Waals surface area (Å²) in [5.41, 5.74) is 0. The lowest BCUT2D eigenvalue weighted by Gasteiger charge is -2.17. The van der Waals surface area contributed by atoms with Gasteiger partial charge < -0.3 is 0 Å². The van der Waals surface area contributed by atoms with Gasteiger partial charge in [0.2, 0.25) is 10.0 Å². The maximum absolute atomic E-state index is 12.3. The average Bonchev–Trinajstić information content (AvgIpc) is 2.28. The Hall–Kier alpha value is -0.290. The van der Waals surface area contributed by atoms with Gasteiger partial charge in [-0.1, -0.05) is 43.0 Å². The van der Waals surface area contributed by atoms with Gasteiger partial charge in [-0.2, -0.15) is 0 Å². The molecule has 0 saturated carbocycles. The Morgan fingerprint density at radius 2 is 1.89 bits per heavy atom. The second-order valence-electron chi connectivity index (χ2n) is 4.11. The fraction of sp³-hybridized carbons (Fsp3) is 0.500. The molecule has 0 heterocycles. The molecule has 0 aliphatic heterocycles. The molecule has 102 valence electrons. The van der Waals surface area contributed by atoms with Crippen LogP contribution in [0.15, 0.2) is 23.1 Å². The van der Waals surface area contributed by atoms with Crippen LogP contribution in [0.1, 0.15) is 26.2 Å². The van der Waals surface area contributed by atoms with Crippen molar-refractivity contribution >= 4 is 33.2 Å². The molecule has 0 bridgehead atoms. The summed E-state index contributed by atoms with van der Waals surface area (Å²) in [6.45, 7) is 2.57. The van der Waals surface area contributed by atoms with E-state index >= 15 is 0 Å². The van der Waals surface area contributed by atoms with E-state index < -0.39 is 10.0 Å². The van der Waals surface area contributed by atoms with Gasteiger partial charge in [0.05, 0.1) is 5.02 Å². The predicted octanol–water partition coefficient (Wildman–Crippen LogP) is 3.80. The Kier molecular flexibility index (Phi) is 5.92. The van der Waals surface area contributed by atoms with Gasteiger partial charge in [0.25, 0.3) is 0 Å². The van der Waals surface area contributed by atoms with E-state index in [-0.39, 0.29) is 9.92 Å². The molecule has 0 saturated heterocycles. The summed E-state index contributed by atoms with van der Waals surface area (Å²) in [6, 6.07) is 4.41. The zero-order valence-electron chi connectivity index (χ0n) is 10.5. The van der Waals surface area contributed by atoms with Crippen molar-refractivity contribution < 1.29 is 8.42 Å². The molecule has 0 aliphatic rings. The van der Waals surface area contributed by atoms with Crippen molar-refractivity contribution in [2.45, 2.75) is 31.1 Å². The van der Waals surface area contributed by atoms with Gasteiger partial charge in [-0.15, -0.1) is 0 Å². The van der Waals surface area contributed by atoms with Crippen LogP contribution in [0.25, 0.3) is 0 Å². The molecule has 0 spiro atoms. The van der Waals surface area contributed by atoms with Crippen LogP contribution in [0.2, 0.25) is 10.0 Å². The first-order chi connectivity index (χ1) is 8.39. The molecule has 6 heteroatoms. The van der Waals surface area contributed by atoms with E-state index in [0.29, 0.717) is 11.6 Å². The first-order valence-electron chi connectivity index (χ1n) is 5.81. The minimum absolute atomic E-state index is 0.104. The van der Waals surface area contributed by atoms with Crippen molar-refractivity contribution in [1.82, 2.24) is 4.31 Å². The lowest BCUT2D eigenvalue weighted by molar-refractivity contribution is 0.454. The molecule has 0 radical (unpaired) electrons. The van der Waals surface area contributed by atoms with Crippen LogP contribution in [0.3, 0.4) is 0 Å². The molecule has 1 aromatic rings. The first-order valence-corrected chi connectivity index (χ1v) is 8.00. The number of rotatable bonds is 6. The molecule has 0 fully saturated rings. The van der Waals surface area contributed by atoms with E-state index in [1.54, 1.807) is 7.05 Å². The third kappa shape index (κ3) is 3.85. The molecule has 0 atom stereocenters. The molecule has 0 aromatic heterocycles. The highest BCUT2D eigenvalue weighted by atomic mass is 35.5. The first kappa shape index (κ1) is 15.8. The maximum Gasteiger partial charge on any atom is 0.244 e. The second kappa shape index (κ2) is 6.75. The Morgan fingerprint density at radius 1 is 1.22 bits per heavy atom. The molecular formula is C12H17Cl2NO2S. The Labute approximate surface area is 119 Å². The molecular weight excluding hydrogens is 293 g/mol. The van der Waals surface area contributed by atoms with E-state index in [0.717, 1.165) is 19.3 Å². The van der Waals surface area contributed by atoms with Crippen molar-refractivity contribution in [3.8, 4) is 0 Å². The Morgan fingerprint density at radius 3 is 2.44 bits per heavy atom. The van der Waals surface area contributed by atoms with E-state index in [9.17, 15) is 8.42 Å². The van der Waals surface area contributed by atoms with E-state index in [4.69, 9.17) is 23.2 Å². The van der Waals surface area contributed by atoms with Gasteiger partial charge in [0, 0.05) is 18.6 Å². The Balaban J connectivity index is 2.91. The quantitative estimate of drug-likeness (QED) is 0.749. The van der Waals surface area contributed by atoms with Crippen LogP contribution >= 0.6 is 23.2 Å². The molecule has 1 rings (SSSR count). The average molecular weight is 310 g/mol. The van der Waals surface area contributed by atoms with Crippen LogP contribution in [0, 0.1) is 0 Å². The number of unbranched alkanes of at least 4 members (excludes halogenated alkanes) is 2. The highest BCUT2D eigenvalue weighted by Gasteiger charge is 2.23. The van der Waals surface area contributed by atoms with E-state index in [1.165, 1.54) is 22.5 Å². The molecule has 0 amide bonds. The van der Waals surface area contributed by atoms with Crippen LogP contribution in [0.4, 0.5) is 0 Å². The third-order valence-corrected chi connectivity index (χ3v) is 5.23. The molecule has 1 aromatic carbocycles. The minimum Gasteiger partial charge on any atom is -0.207 e. The highest BCUT2D eigenvalue weighted by Crippen LogP contribution is 2.27. The smallest absolute Gasteiger partial charge is 0.207 e. The van der Waals surface area contributed by atoms with E-state index in [1.807, 2.05) is 0 Å². The van der Waals surface area contributed by atoms with Gasteiger partial charge in [-0.05, 0) is 24.6 Å². The lowest BCUT2D eigenvalue weighted by Crippen LogP contribution is -2.28. The SMILES string of the molecule is CCCCCN(C)S(=O)(=O)c1ccc(Cl)cc1Cl. The molecule has 0 aliphatic carbocycles. The van der Waals surface area contributed by atoms with Crippen molar-refractivity contribution in [1.29, 1.82) is 0 Å². The monoisotopic (exact) mass is 309 g/mol. The Bertz CT molecular complexity index is 503. The van der Waals surface area contributed by atoms with Crippen molar-refractivity contribution in [3.05, 3.63) is 28.2 Å². The molecule has 0 N–H and O–H groups in total. The lowest BCUT2D eigenvalue weighted by atomic mass is 10.2. The fourth-order valence-corrected chi connectivity index (χ4v) is 3.51. The second-order valence-corrected chi connectivity index (χ2v) is 6.97. The summed E-state index contributed by atoms with van der Waals surface area (Å²) >= 11 is 11.7. The van der Waals surface area contributed by atoms with Crippen LogP contribution in [-0.2, 0) is 10.0 Å². The number of sulfonamides is 1. The van der Waals surface area contributed by atoms with Gasteiger partial charge in [0.15, 0.2) is 0 Å². The van der Waals surface area contributed by atoms with Crippen molar-refractivity contribution in [3.63, 3.8) is 0 Å². The number of benzene rings is 1. The van der Waals surface area contributed by atoms with Gasteiger partial charge in [0.1, 0.15) is 4.90 Å². The van der Waals surface area contributed by atoms with Gasteiger partial charge in [-0.3, -0.25) is 0 Å². The number of hydrogen-bond donors (Lipinski definition) is 0. The predicted molar refractivity (Wildman–Crippen MR) is 75.8 cm³/mol. The van der Waals surface area contributed by atoms with Gasteiger partial charge in [-0.25, -0.2) is 12.7 Å². The van der Waals surface area contributed by atoms with Crippen molar-refractivity contribution in [2.24, 2.45) is 0 Å². The standard InChI is InChI=1S/C12H17Cl2NO2S/c1-3-4-5-8-15(2)18(16,17)12-7-6-10(13)9-11(12)14/h6-7,9H,3-5,8H2,1-2H3. The maximum atomic E-state index is 12.3. The topological polar surface area (TPSA) is 37.4 Å². The summed E-state index contributed by atoms with van der Waals surface area (Å²) < 4.78 is 25.8. The number of halogens is 2. The normalized spacial score (nSPS) is 12.1. The van der Waals surface area contributed by atoms with Crippen LogP contribution in [0.5, 0.6) is 0 Å². The van der Waals surface area contributed by atoms with Crippen LogP contribution < -0.4 is 0 Å². The summed E-state index contributed by atoms with van der Waals surface area (Å²) in [6.07, 6.45) is 2.90. The van der Waals surface area contributed by atoms with E-state index in [2.05, 4.69) is 6.92 Å². The largest absolute Gasteiger partial charge is 0.244 e. The summed E-state index contributed by atoms with van der Waals surface area (Å²) in [7, 11) is -1.96. The molecule has 0 unspecified atom stereocenters. The minimum atomic E-state index is -3.52. The fourth-order valence-electron chi connectivity index (χ4n) is 1.56. The number of nitrogens with zero attached hydrogens (tertiary/aromatic N) is 1. The summed E-state index contributed by atoms with van der Waals surface area (Å²) in [5, 5.41) is 0.581. The third-order valence-electron chi connectivity index (χ3n) is 2.66. The summed E-state index contributed by atoms with van der Waals surface area (Å²) in [5.74, 6) is 0. The zero-order chi connectivity index (χ0) is 13.8. The summed E-state index contributed by atoms with van der Waals surface area (Å²) in [4.78, 5) is 0.104. The van der Waals surface area contributed by atoms with Crippen LogP contribution in [-0.4, -0.2) is 26.3 Å². The zero-order valence-corrected chi connectivity index (χ0v) is 12.8. The molecule has 18 heavy (non-hydrogen) atoms. The van der Waals surface area contributed by atoms with Gasteiger partial charge >= 0.3 is 0 Å². The molecule has 3 nitrogen and oxygen atoms in total. The van der Waals surface area contributed by atoms with Crippen molar-refractivity contribution in [2.75, 3.05) is 13.6 Å². The highest BCUT2D eigenvalue weighted by molar-refractivity contribution is 7.89.